The SMILES string of the molecule is CCOC(=O)C1=C(C)N=c2s/c(=C\c3ccc(C(=O)OC)cc3)c(=O)n2C1c1ccc(OC(C)=O)cc1. The zero-order valence-corrected chi connectivity index (χ0v) is 21.5. The minimum atomic E-state index is -0.787. The molecular weight excluding hydrogens is 496 g/mol. The zero-order valence-electron chi connectivity index (χ0n) is 20.6. The van der Waals surface area contributed by atoms with Crippen LogP contribution in [-0.2, 0) is 19.1 Å². The predicted octanol–water partition coefficient (Wildman–Crippen LogP) is 2.51. The van der Waals surface area contributed by atoms with Crippen molar-refractivity contribution in [3.63, 3.8) is 0 Å². The van der Waals surface area contributed by atoms with Gasteiger partial charge in [0.05, 0.1) is 41.1 Å². The van der Waals surface area contributed by atoms with E-state index in [-0.39, 0.29) is 17.7 Å². The van der Waals surface area contributed by atoms with Gasteiger partial charge >= 0.3 is 17.9 Å². The van der Waals surface area contributed by atoms with Crippen molar-refractivity contribution in [3.8, 4) is 5.75 Å². The molecule has 0 radical (unpaired) electrons. The molecule has 0 fully saturated rings. The van der Waals surface area contributed by atoms with Gasteiger partial charge < -0.3 is 14.2 Å². The van der Waals surface area contributed by atoms with Gasteiger partial charge in [-0.3, -0.25) is 14.2 Å². The maximum absolute atomic E-state index is 13.6. The van der Waals surface area contributed by atoms with Gasteiger partial charge in [0.15, 0.2) is 4.80 Å². The van der Waals surface area contributed by atoms with E-state index in [1.807, 2.05) is 0 Å². The number of ether oxygens (including phenoxy) is 3. The number of methoxy groups -OCH3 is 1. The molecule has 0 saturated heterocycles. The molecule has 190 valence electrons. The highest BCUT2D eigenvalue weighted by Gasteiger charge is 2.33. The Kier molecular flexibility index (Phi) is 7.49. The highest BCUT2D eigenvalue weighted by Crippen LogP contribution is 2.31. The van der Waals surface area contributed by atoms with Crippen LogP contribution in [0, 0.1) is 0 Å². The molecule has 0 spiro atoms. The van der Waals surface area contributed by atoms with Crippen molar-refractivity contribution in [2.75, 3.05) is 13.7 Å². The van der Waals surface area contributed by atoms with E-state index >= 15 is 0 Å². The van der Waals surface area contributed by atoms with E-state index in [0.717, 1.165) is 0 Å². The Hall–Kier alpha value is -4.31. The molecule has 0 aliphatic carbocycles. The largest absolute Gasteiger partial charge is 0.465 e. The van der Waals surface area contributed by atoms with E-state index in [2.05, 4.69) is 4.99 Å². The van der Waals surface area contributed by atoms with E-state index in [9.17, 15) is 19.2 Å². The number of nitrogens with zero attached hydrogens (tertiary/aromatic N) is 2. The van der Waals surface area contributed by atoms with Gasteiger partial charge in [-0.15, -0.1) is 0 Å². The minimum absolute atomic E-state index is 0.166. The summed E-state index contributed by atoms with van der Waals surface area (Å²) >= 11 is 1.19. The average Bonchev–Trinajstić information content (AvgIpc) is 3.17. The van der Waals surface area contributed by atoms with E-state index in [1.54, 1.807) is 68.5 Å². The minimum Gasteiger partial charge on any atom is -0.465 e. The Bertz CT molecular complexity index is 1580. The fraction of sp³-hybridized carbons (Fsp3) is 0.222. The zero-order chi connectivity index (χ0) is 26.7. The lowest BCUT2D eigenvalue weighted by molar-refractivity contribution is -0.139. The fourth-order valence-corrected chi connectivity index (χ4v) is 5.02. The number of carbonyl (C=O) groups is 3. The summed E-state index contributed by atoms with van der Waals surface area (Å²) in [6, 6.07) is 12.5. The van der Waals surface area contributed by atoms with Crippen molar-refractivity contribution >= 4 is 35.3 Å². The topological polar surface area (TPSA) is 113 Å². The van der Waals surface area contributed by atoms with Crippen molar-refractivity contribution in [2.45, 2.75) is 26.8 Å². The number of hydrogen-bond acceptors (Lipinski definition) is 9. The average molecular weight is 521 g/mol. The third kappa shape index (κ3) is 5.29. The molecule has 2 aromatic carbocycles. The lowest BCUT2D eigenvalue weighted by Gasteiger charge is -2.24. The van der Waals surface area contributed by atoms with Crippen LogP contribution >= 0.6 is 11.3 Å². The third-order valence-corrected chi connectivity index (χ3v) is 6.59. The molecule has 2 heterocycles. The molecule has 37 heavy (non-hydrogen) atoms. The predicted molar refractivity (Wildman–Crippen MR) is 136 cm³/mol. The Morgan fingerprint density at radius 1 is 1.05 bits per heavy atom. The van der Waals surface area contributed by atoms with Crippen molar-refractivity contribution in [2.24, 2.45) is 4.99 Å². The van der Waals surface area contributed by atoms with Gasteiger partial charge in [-0.2, -0.15) is 0 Å². The Morgan fingerprint density at radius 2 is 1.73 bits per heavy atom. The van der Waals surface area contributed by atoms with Gasteiger partial charge in [-0.1, -0.05) is 35.6 Å². The highest BCUT2D eigenvalue weighted by molar-refractivity contribution is 7.07. The molecule has 1 unspecified atom stereocenters. The van der Waals surface area contributed by atoms with Gasteiger partial charge in [-0.25, -0.2) is 14.6 Å². The summed E-state index contributed by atoms with van der Waals surface area (Å²) in [5, 5.41) is 0. The summed E-state index contributed by atoms with van der Waals surface area (Å²) in [4.78, 5) is 54.6. The second-order valence-corrected chi connectivity index (χ2v) is 9.09. The summed E-state index contributed by atoms with van der Waals surface area (Å²) in [5.41, 5.74) is 2.10. The summed E-state index contributed by atoms with van der Waals surface area (Å²) < 4.78 is 17.0. The monoisotopic (exact) mass is 520 g/mol. The van der Waals surface area contributed by atoms with Crippen LogP contribution in [0.4, 0.5) is 0 Å². The van der Waals surface area contributed by atoms with E-state index in [1.165, 1.54) is 29.9 Å². The molecule has 0 N–H and O–H groups in total. The first-order valence-electron chi connectivity index (χ1n) is 11.4. The summed E-state index contributed by atoms with van der Waals surface area (Å²) in [7, 11) is 1.31. The van der Waals surface area contributed by atoms with Crippen LogP contribution in [0.1, 0.15) is 48.3 Å². The Labute approximate surface area is 215 Å². The fourth-order valence-electron chi connectivity index (χ4n) is 3.98. The number of thiazole rings is 1. The number of carbonyl (C=O) groups excluding carboxylic acids is 3. The molecule has 10 heteroatoms. The van der Waals surface area contributed by atoms with Crippen molar-refractivity contribution in [1.82, 2.24) is 4.57 Å². The molecule has 1 atom stereocenters. The molecule has 3 aromatic rings. The second kappa shape index (κ2) is 10.8. The summed E-state index contributed by atoms with van der Waals surface area (Å²) in [5.74, 6) is -1.13. The van der Waals surface area contributed by atoms with Gasteiger partial charge in [0.25, 0.3) is 5.56 Å². The van der Waals surface area contributed by atoms with Crippen molar-refractivity contribution in [3.05, 3.63) is 96.2 Å². The second-order valence-electron chi connectivity index (χ2n) is 8.08. The molecular formula is C27H24N2O7S. The third-order valence-electron chi connectivity index (χ3n) is 5.60. The number of esters is 3. The van der Waals surface area contributed by atoms with Crippen molar-refractivity contribution in [1.29, 1.82) is 0 Å². The van der Waals surface area contributed by atoms with Crippen LogP contribution < -0.4 is 19.6 Å². The number of fused-ring (bicyclic) bond motifs is 1. The van der Waals surface area contributed by atoms with Gasteiger partial charge in [0.1, 0.15) is 5.75 Å². The van der Waals surface area contributed by atoms with Crippen LogP contribution in [0.3, 0.4) is 0 Å². The van der Waals surface area contributed by atoms with Crippen LogP contribution in [0.2, 0.25) is 0 Å². The highest BCUT2D eigenvalue weighted by atomic mass is 32.1. The van der Waals surface area contributed by atoms with Gasteiger partial charge in [0.2, 0.25) is 0 Å². The Balaban J connectivity index is 1.85. The number of aromatic nitrogens is 1. The molecule has 9 nitrogen and oxygen atoms in total. The van der Waals surface area contributed by atoms with Crippen molar-refractivity contribution < 1.29 is 28.6 Å². The molecule has 0 amide bonds. The molecule has 1 aromatic heterocycles. The maximum atomic E-state index is 13.6. The molecule has 0 bridgehead atoms. The Morgan fingerprint density at radius 3 is 2.32 bits per heavy atom. The van der Waals surface area contributed by atoms with E-state index in [0.29, 0.717) is 37.5 Å². The molecule has 0 saturated carbocycles. The normalized spacial score (nSPS) is 15.0. The van der Waals surface area contributed by atoms with Crippen LogP contribution in [0.5, 0.6) is 5.75 Å². The maximum Gasteiger partial charge on any atom is 0.338 e. The number of hydrogen-bond donors (Lipinski definition) is 0. The van der Waals surface area contributed by atoms with Crippen LogP contribution in [0.15, 0.2) is 69.6 Å². The van der Waals surface area contributed by atoms with Crippen LogP contribution in [-0.4, -0.2) is 36.2 Å². The standard InChI is InChI=1S/C27H24N2O7S/c1-5-35-26(33)22-15(2)28-27-29(23(22)18-10-12-20(13-11-18)36-16(3)30)24(31)21(37-27)14-17-6-8-19(9-7-17)25(32)34-4/h6-14,23H,5H2,1-4H3/b21-14-. The lowest BCUT2D eigenvalue weighted by atomic mass is 9.96. The molecule has 4 rings (SSSR count). The van der Waals surface area contributed by atoms with Crippen LogP contribution in [0.25, 0.3) is 6.08 Å². The first-order valence-corrected chi connectivity index (χ1v) is 12.2. The first-order chi connectivity index (χ1) is 17.7. The number of benzene rings is 2. The summed E-state index contributed by atoms with van der Waals surface area (Å²) in [6.07, 6.45) is 1.70. The van der Waals surface area contributed by atoms with Gasteiger partial charge in [-0.05, 0) is 55.3 Å². The van der Waals surface area contributed by atoms with E-state index in [4.69, 9.17) is 14.2 Å². The lowest BCUT2D eigenvalue weighted by Crippen LogP contribution is -2.39. The smallest absolute Gasteiger partial charge is 0.338 e. The number of allylic oxidation sites excluding steroid dienone is 1. The summed E-state index contributed by atoms with van der Waals surface area (Å²) in [6.45, 7) is 4.88. The van der Waals surface area contributed by atoms with Gasteiger partial charge in [0, 0.05) is 6.92 Å². The molecule has 1 aliphatic rings. The molecule has 1 aliphatic heterocycles. The number of rotatable bonds is 6. The quantitative estimate of drug-likeness (QED) is 0.363. The van der Waals surface area contributed by atoms with E-state index < -0.39 is 23.9 Å². The first kappa shape index (κ1) is 25.8.